The van der Waals surface area contributed by atoms with Gasteiger partial charge in [-0.15, -0.1) is 0 Å². The van der Waals surface area contributed by atoms with Crippen molar-refractivity contribution < 1.29 is 27.7 Å². The highest BCUT2D eigenvalue weighted by Crippen LogP contribution is 2.41. The van der Waals surface area contributed by atoms with Gasteiger partial charge < -0.3 is 18.9 Å². The van der Waals surface area contributed by atoms with Gasteiger partial charge in [-0.2, -0.15) is 14.4 Å². The SMILES string of the molecule is COc1nc(OC)c2c(OC)c(F)c(OC)c(F)c2n1. The van der Waals surface area contributed by atoms with E-state index in [-0.39, 0.29) is 28.5 Å². The van der Waals surface area contributed by atoms with E-state index in [0.717, 1.165) is 7.11 Å². The summed E-state index contributed by atoms with van der Waals surface area (Å²) in [7, 11) is 5.00. The fourth-order valence-corrected chi connectivity index (χ4v) is 1.81. The van der Waals surface area contributed by atoms with E-state index >= 15 is 0 Å². The number of fused-ring (bicyclic) bond motifs is 1. The average molecular weight is 286 g/mol. The van der Waals surface area contributed by atoms with Crippen molar-refractivity contribution in [2.45, 2.75) is 0 Å². The molecule has 20 heavy (non-hydrogen) atoms. The Morgan fingerprint density at radius 2 is 1.40 bits per heavy atom. The largest absolute Gasteiger partial charge is 0.493 e. The first-order chi connectivity index (χ1) is 9.58. The van der Waals surface area contributed by atoms with Crippen LogP contribution in [0.25, 0.3) is 10.9 Å². The molecule has 2 rings (SSSR count). The van der Waals surface area contributed by atoms with E-state index in [2.05, 4.69) is 9.97 Å². The molecule has 0 atom stereocenters. The Morgan fingerprint density at radius 3 is 1.90 bits per heavy atom. The standard InChI is InChI=1S/C12H12F2N2O4/c1-17-9-5-8(6(13)10(18-2)7(9)14)15-12(20-4)16-11(5)19-3/h1-4H3. The number of aromatic nitrogens is 2. The van der Waals surface area contributed by atoms with Gasteiger partial charge in [-0.3, -0.25) is 0 Å². The Kier molecular flexibility index (Phi) is 3.73. The molecule has 108 valence electrons. The molecule has 0 unspecified atom stereocenters. The lowest BCUT2D eigenvalue weighted by atomic mass is 10.2. The normalized spacial score (nSPS) is 10.5. The minimum absolute atomic E-state index is 0.0356. The van der Waals surface area contributed by atoms with Crippen molar-refractivity contribution in [3.05, 3.63) is 11.6 Å². The maximum Gasteiger partial charge on any atom is 0.320 e. The minimum Gasteiger partial charge on any atom is -0.493 e. The highest BCUT2D eigenvalue weighted by molar-refractivity contribution is 5.92. The topological polar surface area (TPSA) is 62.7 Å². The van der Waals surface area contributed by atoms with Crippen LogP contribution in [0.5, 0.6) is 23.4 Å². The van der Waals surface area contributed by atoms with Crippen LogP contribution in [0.2, 0.25) is 0 Å². The van der Waals surface area contributed by atoms with Crippen LogP contribution >= 0.6 is 0 Å². The monoisotopic (exact) mass is 286 g/mol. The zero-order valence-electron chi connectivity index (χ0n) is 11.3. The van der Waals surface area contributed by atoms with Crippen molar-refractivity contribution in [1.29, 1.82) is 0 Å². The van der Waals surface area contributed by atoms with Gasteiger partial charge in [0, 0.05) is 0 Å². The van der Waals surface area contributed by atoms with Gasteiger partial charge in [-0.25, -0.2) is 4.39 Å². The van der Waals surface area contributed by atoms with Gasteiger partial charge in [0.2, 0.25) is 11.7 Å². The molecule has 1 aromatic heterocycles. The lowest BCUT2D eigenvalue weighted by molar-refractivity contribution is 0.331. The third-order valence-corrected chi connectivity index (χ3v) is 2.67. The second kappa shape index (κ2) is 5.32. The lowest BCUT2D eigenvalue weighted by Crippen LogP contribution is -2.04. The lowest BCUT2D eigenvalue weighted by Gasteiger charge is -2.14. The molecular formula is C12H12F2N2O4. The highest BCUT2D eigenvalue weighted by atomic mass is 19.1. The average Bonchev–Trinajstić information content (AvgIpc) is 2.47. The van der Waals surface area contributed by atoms with E-state index in [1.54, 1.807) is 0 Å². The van der Waals surface area contributed by atoms with Crippen LogP contribution in [-0.2, 0) is 0 Å². The van der Waals surface area contributed by atoms with E-state index < -0.39 is 17.4 Å². The van der Waals surface area contributed by atoms with Crippen LogP contribution in [0.4, 0.5) is 8.78 Å². The molecule has 6 nitrogen and oxygen atoms in total. The molecule has 0 aliphatic heterocycles. The zero-order valence-corrected chi connectivity index (χ0v) is 11.3. The number of methoxy groups -OCH3 is 4. The zero-order chi connectivity index (χ0) is 14.9. The van der Waals surface area contributed by atoms with Crippen molar-refractivity contribution in [2.75, 3.05) is 28.4 Å². The molecule has 0 saturated heterocycles. The van der Waals surface area contributed by atoms with Gasteiger partial charge in [-0.05, 0) is 0 Å². The molecule has 1 heterocycles. The quantitative estimate of drug-likeness (QED) is 0.856. The Bertz CT molecular complexity index is 664. The van der Waals surface area contributed by atoms with Gasteiger partial charge in [0.15, 0.2) is 17.3 Å². The molecule has 0 N–H and O–H groups in total. The van der Waals surface area contributed by atoms with E-state index in [9.17, 15) is 8.78 Å². The van der Waals surface area contributed by atoms with E-state index in [1.165, 1.54) is 21.3 Å². The maximum absolute atomic E-state index is 14.3. The summed E-state index contributed by atoms with van der Waals surface area (Å²) in [5, 5.41) is -0.0356. The number of ether oxygens (including phenoxy) is 4. The van der Waals surface area contributed by atoms with Crippen molar-refractivity contribution in [3.8, 4) is 23.4 Å². The molecule has 0 bridgehead atoms. The Labute approximate surface area is 113 Å². The fraction of sp³-hybridized carbons (Fsp3) is 0.333. The van der Waals surface area contributed by atoms with E-state index in [1.807, 2.05) is 0 Å². The minimum atomic E-state index is -0.993. The summed E-state index contributed by atoms with van der Waals surface area (Å²) >= 11 is 0. The molecule has 0 amide bonds. The number of nitrogens with zero attached hydrogens (tertiary/aromatic N) is 2. The van der Waals surface area contributed by atoms with Gasteiger partial charge in [0.25, 0.3) is 0 Å². The molecule has 2 aromatic rings. The van der Waals surface area contributed by atoms with Crippen LogP contribution < -0.4 is 18.9 Å². The second-order valence-corrected chi connectivity index (χ2v) is 3.64. The van der Waals surface area contributed by atoms with Crippen molar-refractivity contribution >= 4 is 10.9 Å². The summed E-state index contributed by atoms with van der Waals surface area (Å²) in [5.74, 6) is -2.91. The van der Waals surface area contributed by atoms with Gasteiger partial charge in [-0.1, -0.05) is 0 Å². The molecule has 8 heteroatoms. The van der Waals surface area contributed by atoms with Gasteiger partial charge in [0.1, 0.15) is 10.9 Å². The Morgan fingerprint density at radius 1 is 0.750 bits per heavy atom. The second-order valence-electron chi connectivity index (χ2n) is 3.64. The maximum atomic E-state index is 14.3. The first kappa shape index (κ1) is 14.0. The first-order valence-corrected chi connectivity index (χ1v) is 5.47. The van der Waals surface area contributed by atoms with Crippen molar-refractivity contribution in [1.82, 2.24) is 9.97 Å². The van der Waals surface area contributed by atoms with Crippen LogP contribution in [0, 0.1) is 11.6 Å². The summed E-state index contributed by atoms with van der Waals surface area (Å²) < 4.78 is 47.9. The molecule has 0 aliphatic carbocycles. The molecule has 0 fully saturated rings. The fourth-order valence-electron chi connectivity index (χ4n) is 1.81. The predicted molar refractivity (Wildman–Crippen MR) is 65.7 cm³/mol. The Hall–Kier alpha value is -2.38. The molecule has 0 spiro atoms. The smallest absolute Gasteiger partial charge is 0.320 e. The van der Waals surface area contributed by atoms with Crippen molar-refractivity contribution in [3.63, 3.8) is 0 Å². The number of benzene rings is 1. The summed E-state index contributed by atoms with van der Waals surface area (Å²) in [6, 6.07) is -0.121. The third-order valence-electron chi connectivity index (χ3n) is 2.67. The van der Waals surface area contributed by atoms with Crippen molar-refractivity contribution in [2.24, 2.45) is 0 Å². The molecule has 0 aliphatic rings. The van der Waals surface area contributed by atoms with Crippen LogP contribution in [0.3, 0.4) is 0 Å². The summed E-state index contributed by atoms with van der Waals surface area (Å²) in [5.41, 5.74) is -0.219. The number of hydrogen-bond acceptors (Lipinski definition) is 6. The van der Waals surface area contributed by atoms with Crippen LogP contribution in [0.15, 0.2) is 0 Å². The van der Waals surface area contributed by atoms with Crippen LogP contribution in [0.1, 0.15) is 0 Å². The number of halogens is 2. The number of hydrogen-bond donors (Lipinski definition) is 0. The third kappa shape index (κ3) is 1.93. The Balaban J connectivity index is 3.00. The van der Waals surface area contributed by atoms with Crippen LogP contribution in [-0.4, -0.2) is 38.4 Å². The molecular weight excluding hydrogens is 274 g/mol. The molecule has 0 radical (unpaired) electrons. The summed E-state index contributed by atoms with van der Waals surface area (Å²) in [4.78, 5) is 7.72. The number of rotatable bonds is 4. The predicted octanol–water partition coefficient (Wildman–Crippen LogP) is 1.94. The molecule has 0 saturated carbocycles. The van der Waals surface area contributed by atoms with Gasteiger partial charge in [0.05, 0.1) is 28.4 Å². The summed E-state index contributed by atoms with van der Waals surface area (Å²) in [6.07, 6.45) is 0. The van der Waals surface area contributed by atoms with E-state index in [0.29, 0.717) is 0 Å². The van der Waals surface area contributed by atoms with Gasteiger partial charge >= 0.3 is 6.01 Å². The highest BCUT2D eigenvalue weighted by Gasteiger charge is 2.26. The first-order valence-electron chi connectivity index (χ1n) is 5.47. The van der Waals surface area contributed by atoms with E-state index in [4.69, 9.17) is 18.9 Å². The molecule has 1 aromatic carbocycles. The summed E-state index contributed by atoms with van der Waals surface area (Å²) in [6.45, 7) is 0.